The van der Waals surface area contributed by atoms with Crippen molar-refractivity contribution in [3.63, 3.8) is 0 Å². The van der Waals surface area contributed by atoms with Crippen LogP contribution >= 0.6 is 0 Å². The number of carbonyl (C=O) groups is 1. The molecular formula is C24H28N10O3. The van der Waals surface area contributed by atoms with Crippen LogP contribution in [0.2, 0.25) is 0 Å². The summed E-state index contributed by atoms with van der Waals surface area (Å²) in [6.07, 6.45) is 5.33. The average Bonchev–Trinajstić information content (AvgIpc) is 3.60. The van der Waals surface area contributed by atoms with E-state index in [0.717, 1.165) is 64.3 Å². The van der Waals surface area contributed by atoms with Crippen LogP contribution in [0.15, 0.2) is 41.1 Å². The van der Waals surface area contributed by atoms with Gasteiger partial charge in [0.15, 0.2) is 5.76 Å². The van der Waals surface area contributed by atoms with E-state index in [1.54, 1.807) is 30.7 Å². The molecule has 4 aromatic rings. The Hall–Kier alpha value is -4.26. The first kappa shape index (κ1) is 23.2. The number of piperazine rings is 1. The first-order chi connectivity index (χ1) is 18.0. The molecule has 6 rings (SSSR count). The zero-order chi connectivity index (χ0) is 25.4. The van der Waals surface area contributed by atoms with Crippen LogP contribution < -0.4 is 15.5 Å². The number of piperidine rings is 1. The van der Waals surface area contributed by atoms with Gasteiger partial charge in [0.25, 0.3) is 5.78 Å². The summed E-state index contributed by atoms with van der Waals surface area (Å²) in [5.74, 6) is 1.66. The molecule has 0 bridgehead atoms. The Morgan fingerprint density at radius 2 is 1.97 bits per heavy atom. The van der Waals surface area contributed by atoms with Gasteiger partial charge in [0.1, 0.15) is 5.69 Å². The molecule has 0 radical (unpaired) electrons. The van der Waals surface area contributed by atoms with Crippen molar-refractivity contribution in [3.8, 4) is 11.6 Å². The number of nitrogen functional groups attached to an aromatic ring is 1. The van der Waals surface area contributed by atoms with Crippen LogP contribution in [0.4, 0.5) is 17.6 Å². The maximum absolute atomic E-state index is 11.3. The Bertz CT molecular complexity index is 1400. The lowest BCUT2D eigenvalue weighted by molar-refractivity contribution is 0.0690. The van der Waals surface area contributed by atoms with E-state index < -0.39 is 5.97 Å². The van der Waals surface area contributed by atoms with Crippen LogP contribution in [0.3, 0.4) is 0 Å². The van der Waals surface area contributed by atoms with Gasteiger partial charge in [-0.05, 0) is 43.0 Å². The van der Waals surface area contributed by atoms with E-state index in [4.69, 9.17) is 10.2 Å². The molecule has 0 aliphatic carbocycles. The maximum atomic E-state index is 11.3. The zero-order valence-corrected chi connectivity index (χ0v) is 20.3. The highest BCUT2D eigenvalue weighted by molar-refractivity contribution is 5.86. The fourth-order valence-electron chi connectivity index (χ4n) is 5.13. The summed E-state index contributed by atoms with van der Waals surface area (Å²) in [7, 11) is 0. The molecule has 2 aliphatic rings. The number of rotatable bonds is 6. The lowest BCUT2D eigenvalue weighted by Gasteiger charge is -2.40. The van der Waals surface area contributed by atoms with Crippen molar-refractivity contribution in [2.24, 2.45) is 5.92 Å². The number of anilines is 3. The number of carboxylic acids is 1. The van der Waals surface area contributed by atoms with E-state index in [1.165, 1.54) is 4.52 Å². The first-order valence-corrected chi connectivity index (χ1v) is 12.4. The van der Waals surface area contributed by atoms with E-state index in [9.17, 15) is 9.90 Å². The minimum Gasteiger partial charge on any atom is -0.477 e. The number of hydrogen-bond donors (Lipinski definition) is 2. The zero-order valence-electron chi connectivity index (χ0n) is 20.3. The highest BCUT2D eigenvalue weighted by atomic mass is 16.4. The molecule has 192 valence electrons. The van der Waals surface area contributed by atoms with E-state index in [2.05, 4.69) is 39.7 Å². The second-order valence-corrected chi connectivity index (χ2v) is 9.45. The SMILES string of the molecule is Nc1nc(N2CCC[C@@H](CN3CCN(c4ccnc(C(=O)O)c4)CC3)C2)nc2nc(-c3ccco3)nn12. The predicted molar refractivity (Wildman–Crippen MR) is 135 cm³/mol. The lowest BCUT2D eigenvalue weighted by Crippen LogP contribution is -2.50. The predicted octanol–water partition coefficient (Wildman–Crippen LogP) is 1.49. The second kappa shape index (κ2) is 9.65. The van der Waals surface area contributed by atoms with E-state index in [1.807, 2.05) is 6.07 Å². The molecule has 3 N–H and O–H groups in total. The van der Waals surface area contributed by atoms with Crippen molar-refractivity contribution in [2.75, 3.05) is 61.3 Å². The molecule has 2 fully saturated rings. The summed E-state index contributed by atoms with van der Waals surface area (Å²) < 4.78 is 6.83. The Morgan fingerprint density at radius 1 is 1.11 bits per heavy atom. The minimum absolute atomic E-state index is 0.0755. The number of aromatic carboxylic acids is 1. The molecule has 0 unspecified atom stereocenters. The molecule has 2 saturated heterocycles. The third-order valence-corrected chi connectivity index (χ3v) is 6.98. The Kier molecular flexibility index (Phi) is 6.04. The molecular weight excluding hydrogens is 476 g/mol. The van der Waals surface area contributed by atoms with Crippen LogP contribution in [0, 0.1) is 5.92 Å². The molecule has 6 heterocycles. The van der Waals surface area contributed by atoms with E-state index >= 15 is 0 Å². The molecule has 4 aromatic heterocycles. The quantitative estimate of drug-likeness (QED) is 0.391. The van der Waals surface area contributed by atoms with Gasteiger partial charge in [-0.15, -0.1) is 5.10 Å². The number of furan rings is 1. The molecule has 1 atom stereocenters. The third kappa shape index (κ3) is 4.77. The molecule has 0 saturated carbocycles. The van der Waals surface area contributed by atoms with Crippen LogP contribution in [-0.4, -0.2) is 91.3 Å². The van der Waals surface area contributed by atoms with Gasteiger partial charge in [-0.25, -0.2) is 9.78 Å². The molecule has 0 amide bonds. The van der Waals surface area contributed by atoms with Crippen molar-refractivity contribution in [2.45, 2.75) is 12.8 Å². The number of nitrogens with two attached hydrogens (primary N) is 1. The summed E-state index contributed by atoms with van der Waals surface area (Å²) in [5.41, 5.74) is 7.19. The van der Waals surface area contributed by atoms with Crippen LogP contribution in [0.1, 0.15) is 23.3 Å². The lowest BCUT2D eigenvalue weighted by atomic mass is 9.97. The standard InChI is InChI=1S/C24H28N10O3/c25-22-28-23(29-24-27-20(30-34(22)24)19-4-2-12-37-19)33-7-1-3-16(15-33)14-31-8-10-32(11-9-31)17-5-6-26-18(13-17)21(35)36/h2,4-6,12-13,16H,1,3,7-11,14-15H2,(H,35,36)(H2,25,27,28,29,30)/t16-/m0/s1. The number of fused-ring (bicyclic) bond motifs is 1. The Labute approximate surface area is 212 Å². The summed E-state index contributed by atoms with van der Waals surface area (Å²) in [6, 6.07) is 7.09. The number of nitrogens with zero attached hydrogens (tertiary/aromatic N) is 9. The highest BCUT2D eigenvalue weighted by Gasteiger charge is 2.27. The van der Waals surface area contributed by atoms with E-state index in [-0.39, 0.29) is 11.6 Å². The van der Waals surface area contributed by atoms with Gasteiger partial charge in [0.05, 0.1) is 6.26 Å². The van der Waals surface area contributed by atoms with E-state index in [0.29, 0.717) is 29.2 Å². The Morgan fingerprint density at radius 3 is 2.76 bits per heavy atom. The highest BCUT2D eigenvalue weighted by Crippen LogP contribution is 2.25. The molecule has 13 heteroatoms. The fraction of sp³-hybridized carbons (Fsp3) is 0.417. The number of pyridine rings is 1. The molecule has 37 heavy (non-hydrogen) atoms. The summed E-state index contributed by atoms with van der Waals surface area (Å²) in [5, 5.41) is 13.6. The van der Waals surface area contributed by atoms with Crippen molar-refractivity contribution >= 4 is 29.3 Å². The minimum atomic E-state index is -1.01. The van der Waals surface area contributed by atoms with Crippen molar-refractivity contribution in [3.05, 3.63) is 42.4 Å². The molecule has 0 aromatic carbocycles. The van der Waals surface area contributed by atoms with Gasteiger partial charge in [0.2, 0.25) is 17.7 Å². The van der Waals surface area contributed by atoms with Gasteiger partial charge >= 0.3 is 5.97 Å². The number of aromatic nitrogens is 6. The molecule has 2 aliphatic heterocycles. The smallest absolute Gasteiger partial charge is 0.354 e. The van der Waals surface area contributed by atoms with Crippen LogP contribution in [-0.2, 0) is 0 Å². The largest absolute Gasteiger partial charge is 0.477 e. The van der Waals surface area contributed by atoms with Gasteiger partial charge in [-0.3, -0.25) is 4.90 Å². The van der Waals surface area contributed by atoms with Crippen LogP contribution in [0.5, 0.6) is 0 Å². The third-order valence-electron chi connectivity index (χ3n) is 6.98. The van der Waals surface area contributed by atoms with Crippen molar-refractivity contribution in [1.82, 2.24) is 34.4 Å². The van der Waals surface area contributed by atoms with Gasteiger partial charge in [0, 0.05) is 57.7 Å². The van der Waals surface area contributed by atoms with Gasteiger partial charge < -0.3 is 25.1 Å². The first-order valence-electron chi connectivity index (χ1n) is 12.4. The normalized spacial score (nSPS) is 19.0. The molecule has 13 nitrogen and oxygen atoms in total. The van der Waals surface area contributed by atoms with Crippen molar-refractivity contribution in [1.29, 1.82) is 0 Å². The summed E-state index contributed by atoms with van der Waals surface area (Å²) >= 11 is 0. The second-order valence-electron chi connectivity index (χ2n) is 9.45. The maximum Gasteiger partial charge on any atom is 0.354 e. The van der Waals surface area contributed by atoms with Gasteiger partial charge in [-0.1, -0.05) is 0 Å². The number of carboxylic acid groups (broad SMARTS) is 1. The van der Waals surface area contributed by atoms with Crippen molar-refractivity contribution < 1.29 is 14.3 Å². The molecule has 0 spiro atoms. The number of hydrogen-bond acceptors (Lipinski definition) is 11. The Balaban J connectivity index is 1.09. The van der Waals surface area contributed by atoms with Crippen LogP contribution in [0.25, 0.3) is 17.4 Å². The summed E-state index contributed by atoms with van der Waals surface area (Å²) in [4.78, 5) is 35.7. The monoisotopic (exact) mass is 504 g/mol. The average molecular weight is 505 g/mol. The summed E-state index contributed by atoms with van der Waals surface area (Å²) in [6.45, 7) is 6.25. The topological polar surface area (TPSA) is 155 Å². The van der Waals surface area contributed by atoms with Gasteiger partial charge in [-0.2, -0.15) is 19.5 Å². The fourth-order valence-corrected chi connectivity index (χ4v) is 5.13.